The molecule has 0 unspecified atom stereocenters. The van der Waals surface area contributed by atoms with E-state index in [1.165, 1.54) is 16.2 Å². The Morgan fingerprint density at radius 3 is 2.33 bits per heavy atom. The largest absolute Gasteiger partial charge is 0.287 e. The lowest BCUT2D eigenvalue weighted by atomic mass is 10.0. The first-order valence-corrected chi connectivity index (χ1v) is 10.4. The Morgan fingerprint density at radius 1 is 0.926 bits per heavy atom. The first-order valence-electron chi connectivity index (χ1n) is 9.42. The Labute approximate surface area is 166 Å². The highest BCUT2D eigenvalue weighted by atomic mass is 32.2. The van der Waals surface area contributed by atoms with Crippen molar-refractivity contribution in [3.63, 3.8) is 0 Å². The molecule has 2 aromatic carbocycles. The van der Waals surface area contributed by atoms with Gasteiger partial charge in [0.05, 0.1) is 0 Å². The fraction of sp³-hybridized carbons (Fsp3) is 0.250. The minimum absolute atomic E-state index is 0.143. The van der Waals surface area contributed by atoms with Crippen molar-refractivity contribution in [2.45, 2.75) is 37.6 Å². The Balaban J connectivity index is 1.60. The second-order valence-electron chi connectivity index (χ2n) is 6.93. The molecule has 3 heteroatoms. The van der Waals surface area contributed by atoms with Gasteiger partial charge in [0.15, 0.2) is 11.9 Å². The number of pyridine rings is 1. The highest BCUT2D eigenvalue weighted by molar-refractivity contribution is 7.99. The van der Waals surface area contributed by atoms with E-state index < -0.39 is 0 Å². The van der Waals surface area contributed by atoms with Crippen molar-refractivity contribution in [3.8, 4) is 0 Å². The number of rotatable bonds is 8. The molecule has 0 aliphatic carbocycles. The maximum absolute atomic E-state index is 12.5. The van der Waals surface area contributed by atoms with Crippen LogP contribution >= 0.6 is 11.8 Å². The van der Waals surface area contributed by atoms with Crippen LogP contribution < -0.4 is 4.57 Å². The van der Waals surface area contributed by atoms with Gasteiger partial charge in [0.25, 0.3) is 0 Å². The predicted octanol–water partition coefficient (Wildman–Crippen LogP) is 5.32. The summed E-state index contributed by atoms with van der Waals surface area (Å²) in [5, 5.41) is 0. The topological polar surface area (TPSA) is 20.9 Å². The molecule has 1 heterocycles. The summed E-state index contributed by atoms with van der Waals surface area (Å²) >= 11 is 1.86. The van der Waals surface area contributed by atoms with Crippen molar-refractivity contribution in [3.05, 3.63) is 95.8 Å². The van der Waals surface area contributed by atoms with Crippen LogP contribution in [0.1, 0.15) is 41.4 Å². The van der Waals surface area contributed by atoms with E-state index in [-0.39, 0.29) is 5.78 Å². The third-order valence-electron chi connectivity index (χ3n) is 4.62. The Hall–Kier alpha value is -2.39. The second-order valence-corrected chi connectivity index (χ2v) is 8.10. The number of aryl methyl sites for hydroxylation is 1. The first-order chi connectivity index (χ1) is 13.1. The van der Waals surface area contributed by atoms with Crippen LogP contribution in [-0.2, 0) is 13.0 Å². The third-order valence-corrected chi connectivity index (χ3v) is 5.63. The van der Waals surface area contributed by atoms with Crippen molar-refractivity contribution >= 4 is 17.5 Å². The van der Waals surface area contributed by atoms with Crippen LogP contribution in [0, 0.1) is 0 Å². The van der Waals surface area contributed by atoms with E-state index >= 15 is 0 Å². The summed E-state index contributed by atoms with van der Waals surface area (Å²) < 4.78 is 2.07. The number of aromatic nitrogens is 1. The van der Waals surface area contributed by atoms with Crippen molar-refractivity contribution in [2.24, 2.45) is 0 Å². The van der Waals surface area contributed by atoms with E-state index in [0.29, 0.717) is 12.5 Å². The summed E-state index contributed by atoms with van der Waals surface area (Å²) in [7, 11) is 0. The highest BCUT2D eigenvalue weighted by Gasteiger charge is 2.15. The van der Waals surface area contributed by atoms with Crippen molar-refractivity contribution in [2.75, 3.05) is 5.75 Å². The molecule has 2 nitrogen and oxygen atoms in total. The molecule has 0 aliphatic rings. The molecule has 0 atom stereocenters. The van der Waals surface area contributed by atoms with Gasteiger partial charge in [-0.2, -0.15) is 4.57 Å². The van der Waals surface area contributed by atoms with Gasteiger partial charge in [0, 0.05) is 34.8 Å². The monoisotopic (exact) mass is 376 g/mol. The molecule has 0 saturated heterocycles. The zero-order valence-corrected chi connectivity index (χ0v) is 16.8. The quantitative estimate of drug-likeness (QED) is 0.301. The highest BCUT2D eigenvalue weighted by Crippen LogP contribution is 2.22. The molecule has 27 heavy (non-hydrogen) atoms. The molecule has 138 valence electrons. The molecular formula is C24H26NOS+. The third kappa shape index (κ3) is 5.54. The van der Waals surface area contributed by atoms with Crippen LogP contribution in [0.4, 0.5) is 0 Å². The molecule has 0 saturated carbocycles. The maximum atomic E-state index is 12.5. The Bertz CT molecular complexity index is 872. The van der Waals surface area contributed by atoms with E-state index in [1.807, 2.05) is 60.4 Å². The minimum atomic E-state index is 0.143. The number of ketones is 1. The molecule has 3 aromatic rings. The van der Waals surface area contributed by atoms with E-state index in [0.717, 1.165) is 17.7 Å². The number of carbonyl (C=O) groups excluding carboxylic acids is 1. The molecule has 0 spiro atoms. The molecule has 0 radical (unpaired) electrons. The van der Waals surface area contributed by atoms with E-state index in [4.69, 9.17) is 0 Å². The van der Waals surface area contributed by atoms with Crippen molar-refractivity contribution < 1.29 is 9.36 Å². The summed E-state index contributed by atoms with van der Waals surface area (Å²) in [6.07, 6.45) is 2.93. The predicted molar refractivity (Wildman–Crippen MR) is 112 cm³/mol. The van der Waals surface area contributed by atoms with Crippen LogP contribution in [0.15, 0.2) is 83.9 Å². The van der Waals surface area contributed by atoms with Crippen LogP contribution in [0.5, 0.6) is 0 Å². The number of thioether (sulfide) groups is 1. The van der Waals surface area contributed by atoms with Gasteiger partial charge in [0.1, 0.15) is 0 Å². The van der Waals surface area contributed by atoms with Crippen LogP contribution in [0.3, 0.4) is 0 Å². The number of nitrogens with zero attached hydrogens (tertiary/aromatic N) is 1. The van der Waals surface area contributed by atoms with Crippen molar-refractivity contribution in [1.29, 1.82) is 0 Å². The second kappa shape index (κ2) is 9.52. The van der Waals surface area contributed by atoms with E-state index in [1.54, 1.807) is 0 Å². The number of Topliss-reactive ketones (excluding diaryl/α,β-unsaturated/α-hetero) is 1. The maximum Gasteiger partial charge on any atom is 0.227 e. The smallest absolute Gasteiger partial charge is 0.227 e. The standard InChI is InChI=1S/C24H26NOS/c1-19(2)20-11-13-23(14-12-20)27-17-15-22-10-6-7-16-25(22)18-24(26)21-8-4-3-5-9-21/h3-14,16,19H,15,17-18H2,1-2H3/q+1. The zero-order chi connectivity index (χ0) is 19.1. The lowest BCUT2D eigenvalue weighted by Crippen LogP contribution is -2.41. The molecule has 3 rings (SSSR count). The van der Waals surface area contributed by atoms with Gasteiger partial charge in [-0.05, 0) is 23.6 Å². The molecular weight excluding hydrogens is 350 g/mol. The first kappa shape index (κ1) is 19.4. The summed E-state index contributed by atoms with van der Waals surface area (Å²) in [5.74, 6) is 1.70. The molecule has 0 amide bonds. The van der Waals surface area contributed by atoms with Gasteiger partial charge >= 0.3 is 0 Å². The van der Waals surface area contributed by atoms with E-state index in [2.05, 4.69) is 48.7 Å². The average Bonchev–Trinajstić information content (AvgIpc) is 2.70. The van der Waals surface area contributed by atoms with Gasteiger partial charge in [-0.15, -0.1) is 11.8 Å². The van der Waals surface area contributed by atoms with Gasteiger partial charge in [-0.25, -0.2) is 0 Å². The SMILES string of the molecule is CC(C)c1ccc(SCCc2cccc[n+]2CC(=O)c2ccccc2)cc1. The Morgan fingerprint density at radius 2 is 1.63 bits per heavy atom. The van der Waals surface area contributed by atoms with Crippen molar-refractivity contribution in [1.82, 2.24) is 0 Å². The summed E-state index contributed by atoms with van der Waals surface area (Å²) in [5.41, 5.74) is 3.33. The van der Waals surface area contributed by atoms with Gasteiger partial charge in [-0.3, -0.25) is 4.79 Å². The van der Waals surface area contributed by atoms with Gasteiger partial charge in [0.2, 0.25) is 12.3 Å². The van der Waals surface area contributed by atoms with Crippen LogP contribution in [0.2, 0.25) is 0 Å². The molecule has 0 aliphatic heterocycles. The van der Waals surface area contributed by atoms with Crippen LogP contribution in [0.25, 0.3) is 0 Å². The fourth-order valence-electron chi connectivity index (χ4n) is 2.99. The molecule has 0 fully saturated rings. The molecule has 0 bridgehead atoms. The van der Waals surface area contributed by atoms with Crippen LogP contribution in [-0.4, -0.2) is 11.5 Å². The number of carbonyl (C=O) groups is 1. The van der Waals surface area contributed by atoms with Gasteiger partial charge in [-0.1, -0.05) is 62.4 Å². The van der Waals surface area contributed by atoms with E-state index in [9.17, 15) is 4.79 Å². The fourth-order valence-corrected chi connectivity index (χ4v) is 3.86. The minimum Gasteiger partial charge on any atom is -0.287 e. The lowest BCUT2D eigenvalue weighted by molar-refractivity contribution is -0.690. The Kier molecular flexibility index (Phi) is 6.83. The summed E-state index contributed by atoms with van der Waals surface area (Å²) in [6.45, 7) is 4.81. The average molecular weight is 377 g/mol. The zero-order valence-electron chi connectivity index (χ0n) is 16.0. The normalized spacial score (nSPS) is 10.9. The number of hydrogen-bond donors (Lipinski definition) is 0. The summed E-state index contributed by atoms with van der Waals surface area (Å²) in [6, 6.07) is 24.5. The number of hydrogen-bond acceptors (Lipinski definition) is 2. The lowest BCUT2D eigenvalue weighted by Gasteiger charge is -2.07. The molecule has 1 aromatic heterocycles. The van der Waals surface area contributed by atoms with Gasteiger partial charge < -0.3 is 0 Å². The summed E-state index contributed by atoms with van der Waals surface area (Å²) in [4.78, 5) is 13.8. The molecule has 0 N–H and O–H groups in total. The number of benzene rings is 2.